The van der Waals surface area contributed by atoms with Gasteiger partial charge in [0, 0.05) is 37.2 Å². The second-order valence-corrected chi connectivity index (χ2v) is 11.2. The van der Waals surface area contributed by atoms with Crippen LogP contribution >= 0.6 is 0 Å². The van der Waals surface area contributed by atoms with E-state index >= 15 is 0 Å². The summed E-state index contributed by atoms with van der Waals surface area (Å²) < 4.78 is 6.11. The molecule has 6 rings (SSSR count). The van der Waals surface area contributed by atoms with Crippen molar-refractivity contribution in [2.75, 3.05) is 13.1 Å². The Morgan fingerprint density at radius 2 is 1.87 bits per heavy atom. The molecule has 1 fully saturated rings. The van der Waals surface area contributed by atoms with Gasteiger partial charge in [0.15, 0.2) is 0 Å². The number of nitrogens with one attached hydrogen (secondary N) is 3. The number of para-hydroxylation sites is 1. The van der Waals surface area contributed by atoms with Crippen LogP contribution in [0, 0.1) is 0 Å². The number of imide groups is 2. The molecule has 230 valence electrons. The molecule has 0 radical (unpaired) electrons. The second kappa shape index (κ2) is 13.2. The van der Waals surface area contributed by atoms with Crippen molar-refractivity contribution >= 4 is 40.5 Å². The van der Waals surface area contributed by atoms with Crippen LogP contribution < -0.4 is 16.0 Å². The van der Waals surface area contributed by atoms with Gasteiger partial charge in [-0.2, -0.15) is 0 Å². The van der Waals surface area contributed by atoms with Crippen LogP contribution in [0.1, 0.15) is 75.7 Å². The number of amides is 5. The van der Waals surface area contributed by atoms with E-state index < -0.39 is 29.7 Å². The van der Waals surface area contributed by atoms with Crippen LogP contribution in [-0.2, 0) is 20.8 Å². The van der Waals surface area contributed by atoms with Gasteiger partial charge in [0.25, 0.3) is 11.8 Å². The molecular weight excluding hydrogens is 574 g/mol. The second-order valence-electron chi connectivity index (χ2n) is 11.2. The van der Waals surface area contributed by atoms with E-state index in [9.17, 15) is 24.0 Å². The minimum absolute atomic E-state index is 0.0637. The van der Waals surface area contributed by atoms with Crippen LogP contribution in [0.2, 0.25) is 0 Å². The minimum Gasteiger partial charge on any atom is -0.459 e. The Kier molecular flexibility index (Phi) is 8.79. The van der Waals surface area contributed by atoms with Crippen molar-refractivity contribution in [2.45, 2.75) is 50.6 Å². The highest BCUT2D eigenvalue weighted by atomic mass is 16.3. The average Bonchev–Trinajstić information content (AvgIpc) is 3.58. The van der Waals surface area contributed by atoms with Crippen molar-refractivity contribution in [3.63, 3.8) is 0 Å². The van der Waals surface area contributed by atoms with E-state index in [-0.39, 0.29) is 42.3 Å². The Morgan fingerprint density at radius 3 is 2.67 bits per heavy atom. The molecule has 2 aromatic carbocycles. The van der Waals surface area contributed by atoms with Crippen molar-refractivity contribution in [1.29, 1.82) is 0 Å². The number of fused-ring (bicyclic) bond motifs is 2. The molecule has 0 aliphatic carbocycles. The Morgan fingerprint density at radius 1 is 1.00 bits per heavy atom. The summed E-state index contributed by atoms with van der Waals surface area (Å²) in [6.07, 6.45) is 5.56. The zero-order valence-electron chi connectivity index (χ0n) is 24.6. The minimum atomic E-state index is -1.01. The molecule has 1 saturated heterocycles. The van der Waals surface area contributed by atoms with Gasteiger partial charge in [-0.3, -0.25) is 39.2 Å². The normalized spacial score (nSPS) is 17.0. The van der Waals surface area contributed by atoms with Gasteiger partial charge in [0.2, 0.25) is 17.7 Å². The lowest BCUT2D eigenvalue weighted by Gasteiger charge is -2.27. The van der Waals surface area contributed by atoms with Crippen LogP contribution in [0.15, 0.2) is 77.5 Å². The first kappa shape index (κ1) is 29.9. The summed E-state index contributed by atoms with van der Waals surface area (Å²) in [6, 6.07) is 17.6. The number of aryl methyl sites for hydroxylation is 1. The Hall–Kier alpha value is -5.16. The molecule has 4 heterocycles. The van der Waals surface area contributed by atoms with Crippen LogP contribution in [0.3, 0.4) is 0 Å². The summed E-state index contributed by atoms with van der Waals surface area (Å²) in [7, 11) is 0. The zero-order valence-corrected chi connectivity index (χ0v) is 24.6. The van der Waals surface area contributed by atoms with Crippen LogP contribution in [0.5, 0.6) is 0 Å². The molecule has 2 aromatic heterocycles. The lowest BCUT2D eigenvalue weighted by atomic mass is 9.98. The van der Waals surface area contributed by atoms with Gasteiger partial charge < -0.3 is 15.1 Å². The van der Waals surface area contributed by atoms with E-state index in [1.807, 2.05) is 48.7 Å². The monoisotopic (exact) mass is 607 g/mol. The number of rotatable bonds is 12. The molecule has 11 nitrogen and oxygen atoms in total. The van der Waals surface area contributed by atoms with Gasteiger partial charge in [0.05, 0.1) is 17.2 Å². The van der Waals surface area contributed by atoms with Crippen molar-refractivity contribution < 1.29 is 28.4 Å². The summed E-state index contributed by atoms with van der Waals surface area (Å²) >= 11 is 0. The predicted octanol–water partition coefficient (Wildman–Crippen LogP) is 3.44. The standard InChI is InChI=1S/C34H33N5O6/c40-28(36-17-6-18-37-31(23-10-5-16-35-20-23)27-19-22-7-1-2-12-26(22)45-27)13-4-9-21-8-3-11-24-30(21)34(44)39(33(24)43)25-14-15-29(41)38-32(25)42/h1-3,5,7-8,10-12,16,19-20,25,31,37H,4,6,9,13-15,17-18H2,(H,36,40)(H,38,41,42). The number of hydrogen-bond acceptors (Lipinski definition) is 8. The maximum atomic E-state index is 13.3. The third kappa shape index (κ3) is 6.39. The van der Waals surface area contributed by atoms with Crippen LogP contribution in [0.25, 0.3) is 11.0 Å². The number of carbonyl (C=O) groups excluding carboxylic acids is 5. The molecule has 11 heteroatoms. The smallest absolute Gasteiger partial charge is 0.262 e. The predicted molar refractivity (Wildman–Crippen MR) is 164 cm³/mol. The Balaban J connectivity index is 0.982. The van der Waals surface area contributed by atoms with Crippen LogP contribution in [0.4, 0.5) is 0 Å². The Labute approximate surface area is 259 Å². The quantitative estimate of drug-likeness (QED) is 0.164. The van der Waals surface area contributed by atoms with Gasteiger partial charge in [-0.05, 0) is 67.6 Å². The van der Waals surface area contributed by atoms with E-state index in [4.69, 9.17) is 4.42 Å². The topological polar surface area (TPSA) is 151 Å². The molecule has 4 aromatic rings. The lowest BCUT2D eigenvalue weighted by Crippen LogP contribution is -2.54. The van der Waals surface area contributed by atoms with Crippen molar-refractivity contribution in [3.05, 3.63) is 101 Å². The zero-order chi connectivity index (χ0) is 31.3. The highest BCUT2D eigenvalue weighted by Crippen LogP contribution is 2.31. The van der Waals surface area contributed by atoms with Crippen molar-refractivity contribution in [3.8, 4) is 0 Å². The first-order chi connectivity index (χ1) is 21.9. The summed E-state index contributed by atoms with van der Waals surface area (Å²) in [6.45, 7) is 1.12. The summed E-state index contributed by atoms with van der Waals surface area (Å²) in [5.41, 5.74) is 2.97. The van der Waals surface area contributed by atoms with Crippen LogP contribution in [-0.4, -0.2) is 58.6 Å². The number of hydrogen-bond donors (Lipinski definition) is 3. The number of carbonyl (C=O) groups is 5. The summed E-state index contributed by atoms with van der Waals surface area (Å²) in [5, 5.41) is 9.71. The molecule has 45 heavy (non-hydrogen) atoms. The first-order valence-corrected chi connectivity index (χ1v) is 15.1. The first-order valence-electron chi connectivity index (χ1n) is 15.1. The lowest BCUT2D eigenvalue weighted by molar-refractivity contribution is -0.136. The number of pyridine rings is 1. The molecule has 2 aliphatic rings. The number of furan rings is 1. The van der Waals surface area contributed by atoms with Gasteiger partial charge >= 0.3 is 0 Å². The molecule has 0 spiro atoms. The SMILES string of the molecule is O=C(CCCc1cccc2c1C(=O)N(C1CCC(=O)NC1=O)C2=O)NCCCNC(c1cccnc1)c1cc2ccccc2o1. The maximum absolute atomic E-state index is 13.3. The highest BCUT2D eigenvalue weighted by Gasteiger charge is 2.45. The largest absolute Gasteiger partial charge is 0.459 e. The molecule has 0 bridgehead atoms. The van der Waals surface area contributed by atoms with E-state index in [2.05, 4.69) is 20.9 Å². The summed E-state index contributed by atoms with van der Waals surface area (Å²) in [5.74, 6) is -1.44. The maximum Gasteiger partial charge on any atom is 0.262 e. The van der Waals surface area contributed by atoms with Gasteiger partial charge in [-0.25, -0.2) is 0 Å². The fourth-order valence-electron chi connectivity index (χ4n) is 5.96. The molecular formula is C34H33N5O6. The average molecular weight is 608 g/mol. The molecule has 2 unspecified atom stereocenters. The third-order valence-electron chi connectivity index (χ3n) is 8.18. The number of nitrogens with zero attached hydrogens (tertiary/aromatic N) is 2. The highest BCUT2D eigenvalue weighted by molar-refractivity contribution is 6.24. The fraction of sp³-hybridized carbons (Fsp3) is 0.294. The molecule has 2 aliphatic heterocycles. The van der Waals surface area contributed by atoms with Gasteiger partial charge in [-0.15, -0.1) is 0 Å². The van der Waals surface area contributed by atoms with Crippen molar-refractivity contribution in [2.24, 2.45) is 0 Å². The molecule has 2 atom stereocenters. The fourth-order valence-corrected chi connectivity index (χ4v) is 5.96. The Bertz CT molecular complexity index is 1730. The third-order valence-corrected chi connectivity index (χ3v) is 8.18. The number of piperidine rings is 1. The van der Waals surface area contributed by atoms with E-state index in [1.54, 1.807) is 24.4 Å². The van der Waals surface area contributed by atoms with E-state index in [0.29, 0.717) is 37.9 Å². The van der Waals surface area contributed by atoms with E-state index in [1.165, 1.54) is 0 Å². The number of aromatic nitrogens is 1. The molecule has 3 N–H and O–H groups in total. The van der Waals surface area contributed by atoms with Crippen molar-refractivity contribution in [1.82, 2.24) is 25.8 Å². The number of benzene rings is 2. The van der Waals surface area contributed by atoms with E-state index in [0.717, 1.165) is 27.2 Å². The van der Waals surface area contributed by atoms with Gasteiger partial charge in [0.1, 0.15) is 17.4 Å². The molecule has 0 saturated carbocycles. The molecule has 5 amide bonds. The summed E-state index contributed by atoms with van der Waals surface area (Å²) in [4.78, 5) is 68.0. The van der Waals surface area contributed by atoms with Gasteiger partial charge in [-0.1, -0.05) is 36.4 Å².